The SMILES string of the molecule is CCCCCCCCCCCNCCCCCC. The summed E-state index contributed by atoms with van der Waals surface area (Å²) in [6, 6.07) is 0. The van der Waals surface area contributed by atoms with E-state index in [0.29, 0.717) is 0 Å². The van der Waals surface area contributed by atoms with E-state index in [4.69, 9.17) is 0 Å². The fourth-order valence-electron chi connectivity index (χ4n) is 2.36. The summed E-state index contributed by atoms with van der Waals surface area (Å²) in [6.07, 6.45) is 18.4. The van der Waals surface area contributed by atoms with Gasteiger partial charge in [-0.3, -0.25) is 0 Å². The average molecular weight is 255 g/mol. The van der Waals surface area contributed by atoms with Gasteiger partial charge in [-0.1, -0.05) is 84.5 Å². The van der Waals surface area contributed by atoms with Crippen molar-refractivity contribution in [3.8, 4) is 0 Å². The van der Waals surface area contributed by atoms with Crippen LogP contribution in [0, 0.1) is 0 Å². The predicted molar refractivity (Wildman–Crippen MR) is 84.2 cm³/mol. The molecular weight excluding hydrogens is 218 g/mol. The van der Waals surface area contributed by atoms with Gasteiger partial charge in [0.25, 0.3) is 0 Å². The Hall–Kier alpha value is -0.0400. The van der Waals surface area contributed by atoms with Gasteiger partial charge in [0.1, 0.15) is 0 Å². The fourth-order valence-corrected chi connectivity index (χ4v) is 2.36. The zero-order valence-electron chi connectivity index (χ0n) is 13.1. The first-order valence-corrected chi connectivity index (χ1v) is 8.62. The summed E-state index contributed by atoms with van der Waals surface area (Å²) >= 11 is 0. The topological polar surface area (TPSA) is 12.0 Å². The lowest BCUT2D eigenvalue weighted by Crippen LogP contribution is -2.16. The van der Waals surface area contributed by atoms with Gasteiger partial charge in [0.2, 0.25) is 0 Å². The molecule has 0 atom stereocenters. The molecule has 0 heterocycles. The summed E-state index contributed by atoms with van der Waals surface area (Å²) in [5.41, 5.74) is 0. The van der Waals surface area contributed by atoms with Crippen LogP contribution in [0.5, 0.6) is 0 Å². The summed E-state index contributed by atoms with van der Waals surface area (Å²) in [5.74, 6) is 0. The molecule has 0 aliphatic heterocycles. The lowest BCUT2D eigenvalue weighted by atomic mass is 10.1. The first-order valence-electron chi connectivity index (χ1n) is 8.62. The maximum Gasteiger partial charge on any atom is -0.00489 e. The van der Waals surface area contributed by atoms with Gasteiger partial charge in [-0.2, -0.15) is 0 Å². The minimum Gasteiger partial charge on any atom is -0.317 e. The van der Waals surface area contributed by atoms with E-state index in [1.54, 1.807) is 0 Å². The van der Waals surface area contributed by atoms with Crippen molar-refractivity contribution >= 4 is 0 Å². The van der Waals surface area contributed by atoms with Crippen LogP contribution in [-0.4, -0.2) is 13.1 Å². The Balaban J connectivity index is 2.86. The molecule has 0 rings (SSSR count). The highest BCUT2D eigenvalue weighted by Crippen LogP contribution is 2.09. The number of unbranched alkanes of at least 4 members (excludes halogenated alkanes) is 11. The predicted octanol–water partition coefficient (Wildman–Crippen LogP) is 5.69. The van der Waals surface area contributed by atoms with E-state index in [-0.39, 0.29) is 0 Å². The van der Waals surface area contributed by atoms with Crippen LogP contribution in [0.3, 0.4) is 0 Å². The van der Waals surface area contributed by atoms with E-state index in [1.165, 1.54) is 96.6 Å². The Morgan fingerprint density at radius 1 is 0.444 bits per heavy atom. The van der Waals surface area contributed by atoms with Crippen molar-refractivity contribution in [3.63, 3.8) is 0 Å². The van der Waals surface area contributed by atoms with Crippen molar-refractivity contribution in [2.75, 3.05) is 13.1 Å². The number of nitrogens with one attached hydrogen (secondary N) is 1. The zero-order chi connectivity index (χ0) is 13.3. The molecule has 1 nitrogen and oxygen atoms in total. The molecule has 110 valence electrons. The monoisotopic (exact) mass is 255 g/mol. The number of hydrogen-bond donors (Lipinski definition) is 1. The zero-order valence-corrected chi connectivity index (χ0v) is 13.1. The van der Waals surface area contributed by atoms with Gasteiger partial charge in [-0.15, -0.1) is 0 Å². The molecule has 0 spiro atoms. The number of hydrogen-bond acceptors (Lipinski definition) is 1. The van der Waals surface area contributed by atoms with E-state index in [1.807, 2.05) is 0 Å². The molecular formula is C17H37N. The molecule has 0 aromatic rings. The minimum absolute atomic E-state index is 1.23. The molecule has 18 heavy (non-hydrogen) atoms. The van der Waals surface area contributed by atoms with Crippen LogP contribution in [0.15, 0.2) is 0 Å². The average Bonchev–Trinajstić information content (AvgIpc) is 2.39. The summed E-state index contributed by atoms with van der Waals surface area (Å²) < 4.78 is 0. The van der Waals surface area contributed by atoms with E-state index >= 15 is 0 Å². The second-order valence-corrected chi connectivity index (χ2v) is 5.64. The van der Waals surface area contributed by atoms with Gasteiger partial charge in [0.05, 0.1) is 0 Å². The van der Waals surface area contributed by atoms with Gasteiger partial charge in [0.15, 0.2) is 0 Å². The van der Waals surface area contributed by atoms with Crippen LogP contribution in [0.2, 0.25) is 0 Å². The molecule has 0 bridgehead atoms. The lowest BCUT2D eigenvalue weighted by Gasteiger charge is -2.04. The van der Waals surface area contributed by atoms with Crippen molar-refractivity contribution in [1.82, 2.24) is 5.32 Å². The first kappa shape index (κ1) is 18.0. The smallest absolute Gasteiger partial charge is 0.00489 e. The van der Waals surface area contributed by atoms with Gasteiger partial charge in [-0.25, -0.2) is 0 Å². The summed E-state index contributed by atoms with van der Waals surface area (Å²) in [4.78, 5) is 0. The normalized spacial score (nSPS) is 11.0. The Kier molecular flexibility index (Phi) is 16.9. The van der Waals surface area contributed by atoms with E-state index < -0.39 is 0 Å². The molecule has 0 radical (unpaired) electrons. The molecule has 0 saturated carbocycles. The summed E-state index contributed by atoms with van der Waals surface area (Å²) in [5, 5.41) is 3.56. The quantitative estimate of drug-likeness (QED) is 0.371. The highest BCUT2D eigenvalue weighted by Gasteiger charge is 1.92. The van der Waals surface area contributed by atoms with Crippen molar-refractivity contribution < 1.29 is 0 Å². The Bertz CT molecular complexity index is 118. The Labute approximate surface area is 116 Å². The molecule has 0 aliphatic rings. The third-order valence-corrected chi connectivity index (χ3v) is 3.66. The van der Waals surface area contributed by atoms with Crippen LogP contribution in [0.1, 0.15) is 97.3 Å². The molecule has 0 aromatic heterocycles. The molecule has 1 heteroatoms. The van der Waals surface area contributed by atoms with Crippen LogP contribution in [-0.2, 0) is 0 Å². The molecule has 0 saturated heterocycles. The summed E-state index contributed by atoms with van der Waals surface area (Å²) in [6.45, 7) is 7.03. The van der Waals surface area contributed by atoms with E-state index in [9.17, 15) is 0 Å². The minimum atomic E-state index is 1.23. The largest absolute Gasteiger partial charge is 0.317 e. The van der Waals surface area contributed by atoms with E-state index in [2.05, 4.69) is 19.2 Å². The van der Waals surface area contributed by atoms with Crippen molar-refractivity contribution in [2.24, 2.45) is 0 Å². The maximum atomic E-state index is 3.56. The second-order valence-electron chi connectivity index (χ2n) is 5.64. The van der Waals surface area contributed by atoms with Gasteiger partial charge in [-0.05, 0) is 25.9 Å². The van der Waals surface area contributed by atoms with Crippen LogP contribution in [0.4, 0.5) is 0 Å². The molecule has 0 aromatic carbocycles. The Morgan fingerprint density at radius 3 is 1.22 bits per heavy atom. The third-order valence-electron chi connectivity index (χ3n) is 3.66. The highest BCUT2D eigenvalue weighted by atomic mass is 14.8. The van der Waals surface area contributed by atoms with Gasteiger partial charge in [0, 0.05) is 0 Å². The van der Waals surface area contributed by atoms with E-state index in [0.717, 1.165) is 0 Å². The molecule has 0 fully saturated rings. The van der Waals surface area contributed by atoms with Crippen LogP contribution >= 0.6 is 0 Å². The second kappa shape index (κ2) is 17.0. The Morgan fingerprint density at radius 2 is 0.778 bits per heavy atom. The standard InChI is InChI=1S/C17H37N/c1-3-5-7-9-10-11-12-13-15-17-18-16-14-8-6-4-2/h18H,3-17H2,1-2H3. The fraction of sp³-hybridized carbons (Fsp3) is 1.00. The maximum absolute atomic E-state index is 3.56. The highest BCUT2D eigenvalue weighted by molar-refractivity contribution is 4.51. The van der Waals surface area contributed by atoms with Crippen molar-refractivity contribution in [3.05, 3.63) is 0 Å². The molecule has 0 unspecified atom stereocenters. The molecule has 0 aliphatic carbocycles. The van der Waals surface area contributed by atoms with Gasteiger partial charge < -0.3 is 5.32 Å². The number of rotatable bonds is 15. The molecule has 1 N–H and O–H groups in total. The molecule has 0 amide bonds. The van der Waals surface area contributed by atoms with Crippen LogP contribution < -0.4 is 5.32 Å². The van der Waals surface area contributed by atoms with Crippen molar-refractivity contribution in [2.45, 2.75) is 97.3 Å². The van der Waals surface area contributed by atoms with Gasteiger partial charge >= 0.3 is 0 Å². The summed E-state index contributed by atoms with van der Waals surface area (Å²) in [7, 11) is 0. The van der Waals surface area contributed by atoms with Crippen molar-refractivity contribution in [1.29, 1.82) is 0 Å². The third kappa shape index (κ3) is 16.0. The lowest BCUT2D eigenvalue weighted by molar-refractivity contribution is 0.539. The first-order chi connectivity index (χ1) is 8.91. The van der Waals surface area contributed by atoms with Crippen LogP contribution in [0.25, 0.3) is 0 Å².